The SMILES string of the molecule is CCOC(=O)c1ccc(NC(=O)c2ccc(NC3CCCC3)nn2)cc1. The number of benzene rings is 1. The molecule has 1 aromatic heterocycles. The summed E-state index contributed by atoms with van der Waals surface area (Å²) in [6, 6.07) is 10.4. The van der Waals surface area contributed by atoms with Crippen LogP contribution < -0.4 is 10.6 Å². The molecule has 0 radical (unpaired) electrons. The minimum absolute atomic E-state index is 0.233. The van der Waals surface area contributed by atoms with Crippen molar-refractivity contribution in [3.05, 3.63) is 47.7 Å². The van der Waals surface area contributed by atoms with Crippen LogP contribution in [0.25, 0.3) is 0 Å². The van der Waals surface area contributed by atoms with Crippen LogP contribution in [0.15, 0.2) is 36.4 Å². The van der Waals surface area contributed by atoms with E-state index in [2.05, 4.69) is 20.8 Å². The molecule has 2 aromatic rings. The lowest BCUT2D eigenvalue weighted by Gasteiger charge is -2.12. The molecular weight excluding hydrogens is 332 g/mol. The van der Waals surface area contributed by atoms with Gasteiger partial charge in [0.25, 0.3) is 5.91 Å². The maximum absolute atomic E-state index is 12.3. The van der Waals surface area contributed by atoms with Crippen LogP contribution in [0.5, 0.6) is 0 Å². The molecule has 1 saturated carbocycles. The van der Waals surface area contributed by atoms with Crippen molar-refractivity contribution >= 4 is 23.4 Å². The van der Waals surface area contributed by atoms with Gasteiger partial charge in [-0.15, -0.1) is 10.2 Å². The molecule has 0 saturated heterocycles. The Morgan fingerprint density at radius 3 is 2.42 bits per heavy atom. The first-order valence-electron chi connectivity index (χ1n) is 8.84. The average molecular weight is 354 g/mol. The molecule has 0 unspecified atom stereocenters. The third kappa shape index (κ3) is 4.56. The summed E-state index contributed by atoms with van der Waals surface area (Å²) in [7, 11) is 0. The molecule has 0 aliphatic heterocycles. The zero-order chi connectivity index (χ0) is 18.4. The van der Waals surface area contributed by atoms with Crippen molar-refractivity contribution in [1.29, 1.82) is 0 Å². The first kappa shape index (κ1) is 17.8. The highest BCUT2D eigenvalue weighted by Gasteiger charge is 2.16. The number of amides is 1. The van der Waals surface area contributed by atoms with Gasteiger partial charge in [-0.2, -0.15) is 0 Å². The molecule has 0 spiro atoms. The van der Waals surface area contributed by atoms with E-state index in [1.807, 2.05) is 0 Å². The normalized spacial score (nSPS) is 14.0. The maximum Gasteiger partial charge on any atom is 0.338 e. The van der Waals surface area contributed by atoms with Gasteiger partial charge >= 0.3 is 5.97 Å². The summed E-state index contributed by atoms with van der Waals surface area (Å²) in [5.74, 6) is -0.0531. The number of esters is 1. The van der Waals surface area contributed by atoms with Gasteiger partial charge in [-0.3, -0.25) is 4.79 Å². The number of nitrogens with one attached hydrogen (secondary N) is 2. The molecule has 26 heavy (non-hydrogen) atoms. The molecule has 0 atom stereocenters. The number of carbonyl (C=O) groups is 2. The first-order valence-corrected chi connectivity index (χ1v) is 8.84. The average Bonchev–Trinajstić information content (AvgIpc) is 3.16. The van der Waals surface area contributed by atoms with Gasteiger partial charge < -0.3 is 15.4 Å². The Morgan fingerprint density at radius 2 is 1.81 bits per heavy atom. The zero-order valence-electron chi connectivity index (χ0n) is 14.7. The minimum atomic E-state index is -0.387. The van der Waals surface area contributed by atoms with Gasteiger partial charge in [-0.05, 0) is 56.2 Å². The molecule has 3 rings (SSSR count). The topological polar surface area (TPSA) is 93.2 Å². The van der Waals surface area contributed by atoms with E-state index in [-0.39, 0.29) is 17.6 Å². The van der Waals surface area contributed by atoms with Crippen molar-refractivity contribution in [3.63, 3.8) is 0 Å². The van der Waals surface area contributed by atoms with Crippen LogP contribution in [0.4, 0.5) is 11.5 Å². The van der Waals surface area contributed by atoms with Crippen LogP contribution in [0.2, 0.25) is 0 Å². The highest BCUT2D eigenvalue weighted by molar-refractivity contribution is 6.03. The van der Waals surface area contributed by atoms with Crippen molar-refractivity contribution in [2.45, 2.75) is 38.6 Å². The van der Waals surface area contributed by atoms with E-state index >= 15 is 0 Å². The summed E-state index contributed by atoms with van der Waals surface area (Å²) in [5.41, 5.74) is 1.24. The molecule has 1 aliphatic rings. The second-order valence-corrected chi connectivity index (χ2v) is 6.18. The van der Waals surface area contributed by atoms with E-state index in [4.69, 9.17) is 4.74 Å². The van der Waals surface area contributed by atoms with E-state index in [0.717, 1.165) is 12.8 Å². The predicted molar refractivity (Wildman–Crippen MR) is 98.3 cm³/mol. The molecule has 1 fully saturated rings. The lowest BCUT2D eigenvalue weighted by atomic mass is 10.2. The molecule has 1 aliphatic carbocycles. The summed E-state index contributed by atoms with van der Waals surface area (Å²) >= 11 is 0. The second kappa shape index (κ2) is 8.42. The summed E-state index contributed by atoms with van der Waals surface area (Å²) in [4.78, 5) is 23.9. The van der Waals surface area contributed by atoms with E-state index in [9.17, 15) is 9.59 Å². The summed E-state index contributed by atoms with van der Waals surface area (Å²) in [6.45, 7) is 2.07. The first-order chi connectivity index (χ1) is 12.7. The summed E-state index contributed by atoms with van der Waals surface area (Å²) in [6.07, 6.45) is 4.76. The fourth-order valence-corrected chi connectivity index (χ4v) is 2.91. The highest BCUT2D eigenvalue weighted by atomic mass is 16.5. The van der Waals surface area contributed by atoms with Gasteiger partial charge in [-0.1, -0.05) is 12.8 Å². The molecule has 0 bridgehead atoms. The van der Waals surface area contributed by atoms with Crippen LogP contribution in [0.1, 0.15) is 53.5 Å². The molecule has 7 nitrogen and oxygen atoms in total. The van der Waals surface area contributed by atoms with Gasteiger partial charge in [0.1, 0.15) is 5.82 Å². The fraction of sp³-hybridized carbons (Fsp3) is 0.368. The smallest absolute Gasteiger partial charge is 0.338 e. The van der Waals surface area contributed by atoms with E-state index < -0.39 is 0 Å². The molecule has 1 amide bonds. The quantitative estimate of drug-likeness (QED) is 0.774. The Morgan fingerprint density at radius 1 is 1.08 bits per heavy atom. The highest BCUT2D eigenvalue weighted by Crippen LogP contribution is 2.21. The Hall–Kier alpha value is -2.96. The largest absolute Gasteiger partial charge is 0.462 e. The molecule has 2 N–H and O–H groups in total. The number of hydrogen-bond donors (Lipinski definition) is 2. The summed E-state index contributed by atoms with van der Waals surface area (Å²) < 4.78 is 4.93. The van der Waals surface area contributed by atoms with Crippen LogP contribution in [-0.4, -0.2) is 34.7 Å². The van der Waals surface area contributed by atoms with Gasteiger partial charge in [-0.25, -0.2) is 4.79 Å². The van der Waals surface area contributed by atoms with Gasteiger partial charge in [0.2, 0.25) is 0 Å². The van der Waals surface area contributed by atoms with Gasteiger partial charge in [0.15, 0.2) is 5.69 Å². The molecular formula is C19H22N4O3. The lowest BCUT2D eigenvalue weighted by molar-refractivity contribution is 0.0526. The number of aromatic nitrogens is 2. The number of rotatable bonds is 6. The molecule has 136 valence electrons. The van der Waals surface area contributed by atoms with Crippen molar-refractivity contribution in [1.82, 2.24) is 10.2 Å². The number of ether oxygens (including phenoxy) is 1. The molecule has 1 heterocycles. The third-order valence-electron chi connectivity index (χ3n) is 4.26. The Bertz CT molecular complexity index is 753. The second-order valence-electron chi connectivity index (χ2n) is 6.18. The van der Waals surface area contributed by atoms with Crippen molar-refractivity contribution in [2.75, 3.05) is 17.2 Å². The van der Waals surface area contributed by atoms with Crippen molar-refractivity contribution < 1.29 is 14.3 Å². The van der Waals surface area contributed by atoms with Crippen molar-refractivity contribution in [2.24, 2.45) is 0 Å². The number of hydrogen-bond acceptors (Lipinski definition) is 6. The van der Waals surface area contributed by atoms with Gasteiger partial charge in [0.05, 0.1) is 12.2 Å². The summed E-state index contributed by atoms with van der Waals surface area (Å²) in [5, 5.41) is 14.1. The number of carbonyl (C=O) groups excluding carboxylic acids is 2. The minimum Gasteiger partial charge on any atom is -0.462 e. The molecule has 7 heteroatoms. The Labute approximate surface area is 152 Å². The number of nitrogens with zero attached hydrogens (tertiary/aromatic N) is 2. The standard InChI is InChI=1S/C19H22N4O3/c1-2-26-19(25)13-7-9-15(10-8-13)21-18(24)16-11-12-17(23-22-16)20-14-5-3-4-6-14/h7-12,14H,2-6H2,1H3,(H,20,23)(H,21,24). The zero-order valence-corrected chi connectivity index (χ0v) is 14.7. The van der Waals surface area contributed by atoms with Crippen LogP contribution in [0.3, 0.4) is 0 Å². The lowest BCUT2D eigenvalue weighted by Crippen LogP contribution is -2.18. The fourth-order valence-electron chi connectivity index (χ4n) is 2.91. The number of anilines is 2. The predicted octanol–water partition coefficient (Wildman–Crippen LogP) is 3.26. The van der Waals surface area contributed by atoms with Gasteiger partial charge in [0, 0.05) is 11.7 Å². The van der Waals surface area contributed by atoms with E-state index in [1.54, 1.807) is 43.3 Å². The third-order valence-corrected chi connectivity index (χ3v) is 4.26. The van der Waals surface area contributed by atoms with Crippen LogP contribution >= 0.6 is 0 Å². The maximum atomic E-state index is 12.3. The van der Waals surface area contributed by atoms with Crippen molar-refractivity contribution in [3.8, 4) is 0 Å². The Balaban J connectivity index is 1.58. The Kier molecular flexibility index (Phi) is 5.78. The van der Waals surface area contributed by atoms with E-state index in [1.165, 1.54) is 12.8 Å². The van der Waals surface area contributed by atoms with Crippen LogP contribution in [-0.2, 0) is 4.74 Å². The molecule has 1 aromatic carbocycles. The monoisotopic (exact) mass is 354 g/mol. The van der Waals surface area contributed by atoms with E-state index in [0.29, 0.717) is 29.7 Å². The van der Waals surface area contributed by atoms with Crippen LogP contribution in [0, 0.1) is 0 Å².